The molecule has 3 aromatic heterocycles. The molecule has 3 heterocycles. The maximum Gasteiger partial charge on any atom is 0.418 e. The zero-order valence-electron chi connectivity index (χ0n) is 17.7. The summed E-state index contributed by atoms with van der Waals surface area (Å²) in [6.45, 7) is 0. The second-order valence-electron chi connectivity index (χ2n) is 7.18. The number of anilines is 2. The third-order valence-electron chi connectivity index (χ3n) is 4.86. The topological polar surface area (TPSA) is 92.7 Å². The van der Waals surface area contributed by atoms with Crippen molar-refractivity contribution in [3.63, 3.8) is 0 Å². The number of nitrogens with one attached hydrogen (secondary N) is 2. The lowest BCUT2D eigenvalue weighted by Crippen LogP contribution is -2.20. The van der Waals surface area contributed by atoms with Crippen molar-refractivity contribution >= 4 is 28.4 Å². The van der Waals surface area contributed by atoms with Gasteiger partial charge in [0, 0.05) is 25.1 Å². The summed E-state index contributed by atoms with van der Waals surface area (Å²) in [6.07, 6.45) is -5.93. The van der Waals surface area contributed by atoms with Gasteiger partial charge in [0.15, 0.2) is 5.65 Å². The van der Waals surface area contributed by atoms with Crippen LogP contribution >= 0.6 is 0 Å². The summed E-state index contributed by atoms with van der Waals surface area (Å²) < 4.78 is 79.4. The highest BCUT2D eigenvalue weighted by Crippen LogP contribution is 2.36. The minimum absolute atomic E-state index is 0.0234. The Bertz CT molecular complexity index is 1400. The summed E-state index contributed by atoms with van der Waals surface area (Å²) in [5.41, 5.74) is -2.24. The molecule has 35 heavy (non-hydrogen) atoms. The van der Waals surface area contributed by atoms with E-state index in [1.807, 2.05) is 0 Å². The second kappa shape index (κ2) is 8.81. The van der Waals surface area contributed by atoms with E-state index in [2.05, 4.69) is 30.6 Å². The number of fused-ring (bicyclic) bond motifs is 1. The fourth-order valence-corrected chi connectivity index (χ4v) is 3.19. The van der Waals surface area contributed by atoms with Gasteiger partial charge in [0.1, 0.15) is 16.9 Å². The number of carbonyl (C=O) groups excluding carboxylic acids is 1. The number of pyridine rings is 2. The minimum atomic E-state index is -4.83. The van der Waals surface area contributed by atoms with Gasteiger partial charge < -0.3 is 10.6 Å². The molecule has 1 amide bonds. The van der Waals surface area contributed by atoms with Crippen molar-refractivity contribution in [2.75, 3.05) is 12.4 Å². The predicted molar refractivity (Wildman–Crippen MR) is 114 cm³/mol. The third kappa shape index (κ3) is 4.98. The van der Waals surface area contributed by atoms with Crippen molar-refractivity contribution in [2.45, 2.75) is 12.4 Å². The van der Waals surface area contributed by atoms with Crippen molar-refractivity contribution in [1.29, 1.82) is 0 Å². The molecule has 180 valence electrons. The van der Waals surface area contributed by atoms with Gasteiger partial charge in [-0.25, -0.2) is 15.0 Å². The SMILES string of the molecule is CNC(=O)c1cnc(-c2cnc3c(Nc4ccc(C(F)(F)F)cc4)ccnc3n2)c(C(F)(F)F)c1. The Morgan fingerprint density at radius 1 is 0.886 bits per heavy atom. The standard InChI is InChI=1S/C22H14F6N6O/c1-29-20(35)11-8-14(22(26,27)28)17(31-9-11)16-10-32-18-15(6-7-30-19(18)34-16)33-13-4-2-12(3-5-13)21(23,24)25/h2-10H,1H3,(H,29,35)(H,30,33,34). The highest BCUT2D eigenvalue weighted by Gasteiger charge is 2.36. The lowest BCUT2D eigenvalue weighted by atomic mass is 10.1. The smallest absolute Gasteiger partial charge is 0.355 e. The molecule has 0 aliphatic rings. The molecular weight excluding hydrogens is 478 g/mol. The van der Waals surface area contributed by atoms with Gasteiger partial charge in [0.2, 0.25) is 0 Å². The monoisotopic (exact) mass is 492 g/mol. The third-order valence-corrected chi connectivity index (χ3v) is 4.86. The molecule has 2 N–H and O–H groups in total. The predicted octanol–water partition coefficient (Wildman–Crippen LogP) is 5.23. The van der Waals surface area contributed by atoms with Crippen molar-refractivity contribution < 1.29 is 31.1 Å². The molecule has 0 radical (unpaired) electrons. The van der Waals surface area contributed by atoms with Crippen LogP contribution in [0.15, 0.2) is 55.0 Å². The number of alkyl halides is 6. The number of carbonyl (C=O) groups is 1. The number of benzene rings is 1. The van der Waals surface area contributed by atoms with Gasteiger partial charge in [0.05, 0.1) is 28.6 Å². The van der Waals surface area contributed by atoms with Crippen LogP contribution in [0.2, 0.25) is 0 Å². The first-order chi connectivity index (χ1) is 16.5. The van der Waals surface area contributed by atoms with Crippen molar-refractivity contribution in [3.05, 3.63) is 71.7 Å². The highest BCUT2D eigenvalue weighted by atomic mass is 19.4. The quantitative estimate of drug-likeness (QED) is 0.379. The fraction of sp³-hybridized carbons (Fsp3) is 0.136. The van der Waals surface area contributed by atoms with E-state index >= 15 is 0 Å². The van der Waals surface area contributed by atoms with Crippen molar-refractivity contribution in [3.8, 4) is 11.4 Å². The van der Waals surface area contributed by atoms with Crippen LogP contribution in [0.4, 0.5) is 37.7 Å². The first kappa shape index (κ1) is 23.9. The largest absolute Gasteiger partial charge is 0.418 e. The van der Waals surface area contributed by atoms with Gasteiger partial charge in [-0.1, -0.05) is 0 Å². The van der Waals surface area contributed by atoms with Crippen LogP contribution in [-0.4, -0.2) is 32.9 Å². The molecule has 7 nitrogen and oxygen atoms in total. The number of aromatic nitrogens is 4. The average molecular weight is 492 g/mol. The molecule has 13 heteroatoms. The van der Waals surface area contributed by atoms with E-state index in [9.17, 15) is 31.1 Å². The summed E-state index contributed by atoms with van der Waals surface area (Å²) in [6, 6.07) is 6.42. The molecule has 0 aliphatic heterocycles. The van der Waals surface area contributed by atoms with E-state index in [4.69, 9.17) is 0 Å². The van der Waals surface area contributed by atoms with Crippen LogP contribution < -0.4 is 10.6 Å². The lowest BCUT2D eigenvalue weighted by molar-refractivity contribution is -0.138. The molecule has 0 spiro atoms. The zero-order chi connectivity index (χ0) is 25.4. The van der Waals surface area contributed by atoms with E-state index in [0.717, 1.165) is 24.5 Å². The Balaban J connectivity index is 1.72. The Kier molecular flexibility index (Phi) is 6.01. The second-order valence-corrected chi connectivity index (χ2v) is 7.18. The molecule has 0 fully saturated rings. The Morgan fingerprint density at radius 2 is 1.60 bits per heavy atom. The van der Waals surface area contributed by atoms with Crippen LogP contribution in [0, 0.1) is 0 Å². The number of hydrogen-bond acceptors (Lipinski definition) is 6. The average Bonchev–Trinajstić information content (AvgIpc) is 2.82. The van der Waals surface area contributed by atoms with Gasteiger partial charge in [-0.05, 0) is 36.4 Å². The molecule has 0 unspecified atom stereocenters. The Hall–Kier alpha value is -4.29. The number of nitrogens with zero attached hydrogens (tertiary/aromatic N) is 4. The van der Waals surface area contributed by atoms with Gasteiger partial charge in [-0.2, -0.15) is 26.3 Å². The maximum absolute atomic E-state index is 13.7. The Morgan fingerprint density at radius 3 is 2.23 bits per heavy atom. The molecule has 0 atom stereocenters. The van der Waals surface area contributed by atoms with Crippen LogP contribution in [0.3, 0.4) is 0 Å². The first-order valence-electron chi connectivity index (χ1n) is 9.83. The van der Waals surface area contributed by atoms with E-state index < -0.39 is 35.1 Å². The van der Waals surface area contributed by atoms with E-state index in [1.54, 1.807) is 0 Å². The number of halogens is 6. The van der Waals surface area contributed by atoms with Gasteiger partial charge in [0.25, 0.3) is 5.91 Å². The van der Waals surface area contributed by atoms with Crippen LogP contribution in [0.5, 0.6) is 0 Å². The van der Waals surface area contributed by atoms with Crippen LogP contribution in [0.1, 0.15) is 21.5 Å². The molecule has 0 bridgehead atoms. The molecule has 0 saturated carbocycles. The molecule has 4 aromatic rings. The number of rotatable bonds is 4. The zero-order valence-corrected chi connectivity index (χ0v) is 17.7. The summed E-state index contributed by atoms with van der Waals surface area (Å²) in [5.74, 6) is -0.736. The minimum Gasteiger partial charge on any atom is -0.355 e. The highest BCUT2D eigenvalue weighted by molar-refractivity contribution is 5.94. The van der Waals surface area contributed by atoms with Crippen LogP contribution in [-0.2, 0) is 12.4 Å². The maximum atomic E-state index is 13.7. The summed E-state index contributed by atoms with van der Waals surface area (Å²) in [7, 11) is 1.28. The summed E-state index contributed by atoms with van der Waals surface area (Å²) in [4.78, 5) is 27.9. The van der Waals surface area contributed by atoms with Crippen LogP contribution in [0.25, 0.3) is 22.6 Å². The fourth-order valence-electron chi connectivity index (χ4n) is 3.19. The van der Waals surface area contributed by atoms with Gasteiger partial charge >= 0.3 is 12.4 Å². The van der Waals surface area contributed by atoms with Crippen molar-refractivity contribution in [1.82, 2.24) is 25.3 Å². The number of hydrogen-bond donors (Lipinski definition) is 2. The Labute approximate surface area is 193 Å². The number of amides is 1. The van der Waals surface area contributed by atoms with Gasteiger partial charge in [-0.3, -0.25) is 9.78 Å². The van der Waals surface area contributed by atoms with E-state index in [1.165, 1.54) is 31.4 Å². The molecule has 0 saturated heterocycles. The lowest BCUT2D eigenvalue weighted by Gasteiger charge is -2.14. The van der Waals surface area contributed by atoms with Crippen molar-refractivity contribution in [2.24, 2.45) is 0 Å². The molecule has 0 aliphatic carbocycles. The molecule has 1 aromatic carbocycles. The van der Waals surface area contributed by atoms with E-state index in [0.29, 0.717) is 17.4 Å². The van der Waals surface area contributed by atoms with Gasteiger partial charge in [-0.15, -0.1) is 0 Å². The summed E-state index contributed by atoms with van der Waals surface area (Å²) in [5, 5.41) is 5.13. The normalized spacial score (nSPS) is 12.0. The molecular formula is C22H14F6N6O. The summed E-state index contributed by atoms with van der Waals surface area (Å²) >= 11 is 0. The first-order valence-corrected chi connectivity index (χ1v) is 9.83. The molecule has 4 rings (SSSR count). The van der Waals surface area contributed by atoms with E-state index in [-0.39, 0.29) is 22.4 Å².